The quantitative estimate of drug-likeness (QED) is 0.193. The molecule has 4 aromatic carbocycles. The molecule has 180 valence electrons. The molecule has 0 bridgehead atoms. The lowest BCUT2D eigenvalue weighted by atomic mass is 10.0. The summed E-state index contributed by atoms with van der Waals surface area (Å²) in [6.07, 6.45) is 7.37. The van der Waals surface area contributed by atoms with Crippen LogP contribution >= 0.6 is 22.7 Å². The normalized spacial score (nSPS) is 11.7. The average molecular weight is 505 g/mol. The number of hydrogen-bond donors (Lipinski definition) is 0. The molecular formula is C34H32S2. The Morgan fingerprint density at radius 2 is 0.917 bits per heavy atom. The van der Waals surface area contributed by atoms with Gasteiger partial charge in [0, 0.05) is 29.9 Å². The number of aryl methyl sites for hydroxylation is 2. The van der Waals surface area contributed by atoms with Gasteiger partial charge in [-0.25, -0.2) is 0 Å². The predicted octanol–water partition coefficient (Wildman–Crippen LogP) is 11.3. The van der Waals surface area contributed by atoms with Gasteiger partial charge in [-0.3, -0.25) is 0 Å². The minimum atomic E-state index is 1.18. The van der Waals surface area contributed by atoms with Crippen LogP contribution in [0.2, 0.25) is 0 Å². The molecule has 2 aromatic heterocycles. The topological polar surface area (TPSA) is 0 Å². The van der Waals surface area contributed by atoms with Crippen molar-refractivity contribution in [1.82, 2.24) is 0 Å². The molecule has 0 spiro atoms. The van der Waals surface area contributed by atoms with E-state index in [0.717, 1.165) is 0 Å². The Hall–Kier alpha value is -2.94. The number of thiophene rings is 2. The minimum absolute atomic E-state index is 1.18. The van der Waals surface area contributed by atoms with E-state index in [-0.39, 0.29) is 0 Å². The van der Waals surface area contributed by atoms with E-state index >= 15 is 0 Å². The van der Waals surface area contributed by atoms with Gasteiger partial charge >= 0.3 is 0 Å². The van der Waals surface area contributed by atoms with Crippen LogP contribution in [0, 0.1) is 0 Å². The van der Waals surface area contributed by atoms with Crippen LogP contribution in [0.4, 0.5) is 0 Å². The first-order valence-corrected chi connectivity index (χ1v) is 14.9. The number of hydrogen-bond acceptors (Lipinski definition) is 2. The van der Waals surface area contributed by atoms with Gasteiger partial charge in [0.15, 0.2) is 0 Å². The molecular weight excluding hydrogens is 473 g/mol. The molecule has 0 N–H and O–H groups in total. The van der Waals surface area contributed by atoms with Crippen molar-refractivity contribution in [1.29, 1.82) is 0 Å². The fourth-order valence-corrected chi connectivity index (χ4v) is 7.50. The van der Waals surface area contributed by atoms with Crippen molar-refractivity contribution in [3.05, 3.63) is 96.1 Å². The summed E-state index contributed by atoms with van der Waals surface area (Å²) in [6, 6.07) is 32.5. The highest BCUT2D eigenvalue weighted by Gasteiger charge is 2.12. The van der Waals surface area contributed by atoms with Gasteiger partial charge < -0.3 is 0 Å². The first kappa shape index (κ1) is 23.5. The average Bonchev–Trinajstić information content (AvgIpc) is 3.56. The molecule has 0 unspecified atom stereocenters. The van der Waals surface area contributed by atoms with Crippen molar-refractivity contribution in [2.75, 3.05) is 0 Å². The summed E-state index contributed by atoms with van der Waals surface area (Å²) in [5, 5.41) is 5.44. The van der Waals surface area contributed by atoms with Gasteiger partial charge in [0.05, 0.1) is 0 Å². The largest absolute Gasteiger partial charge is 0.135 e. The zero-order chi connectivity index (χ0) is 24.5. The lowest BCUT2D eigenvalue weighted by molar-refractivity contribution is 0.795. The van der Waals surface area contributed by atoms with Gasteiger partial charge in [-0.15, -0.1) is 22.7 Å². The van der Waals surface area contributed by atoms with Crippen molar-refractivity contribution < 1.29 is 0 Å². The van der Waals surface area contributed by atoms with Gasteiger partial charge in [0.1, 0.15) is 0 Å². The standard InChI is InChI=1S/C34H32S2/c1-3-5-7-23-9-13-25(14-10-23)31-21-27-17-19-30-29(33(27)35-31)20-18-28-22-32(36-34(28)30)26-15-11-24(12-16-26)8-6-4-2/h9-22H,3-8H2,1-2H3. The molecule has 0 amide bonds. The molecule has 0 aliphatic heterocycles. The van der Waals surface area contributed by atoms with Gasteiger partial charge in [0.25, 0.3) is 0 Å². The maximum absolute atomic E-state index is 2.37. The third-order valence-electron chi connectivity index (χ3n) is 7.28. The number of unbranched alkanes of at least 4 members (excludes halogenated alkanes) is 2. The van der Waals surface area contributed by atoms with Crippen molar-refractivity contribution >= 4 is 53.6 Å². The Balaban J connectivity index is 1.36. The lowest BCUT2D eigenvalue weighted by Gasteiger charge is -2.02. The molecule has 0 saturated heterocycles. The first-order chi connectivity index (χ1) is 17.7. The minimum Gasteiger partial charge on any atom is -0.135 e. The highest BCUT2D eigenvalue weighted by Crippen LogP contribution is 2.43. The molecule has 0 aliphatic carbocycles. The van der Waals surface area contributed by atoms with Gasteiger partial charge in [-0.05, 0) is 70.8 Å². The van der Waals surface area contributed by atoms with E-state index in [2.05, 4.69) is 98.8 Å². The van der Waals surface area contributed by atoms with Crippen LogP contribution in [0.1, 0.15) is 50.7 Å². The molecule has 0 nitrogen and oxygen atoms in total. The second kappa shape index (κ2) is 10.2. The Bertz CT molecular complexity index is 1500. The fourth-order valence-electron chi connectivity index (χ4n) is 5.12. The Kier molecular flexibility index (Phi) is 6.65. The van der Waals surface area contributed by atoms with Crippen LogP contribution in [-0.4, -0.2) is 0 Å². The lowest BCUT2D eigenvalue weighted by Crippen LogP contribution is -1.83. The van der Waals surface area contributed by atoms with E-state index in [1.807, 2.05) is 22.7 Å². The molecule has 6 rings (SSSR count). The number of benzene rings is 4. The SMILES string of the molecule is CCCCc1ccc(-c2cc3ccc4c(ccc5cc(-c6ccc(CCCC)cc6)sc54)c3s2)cc1. The van der Waals surface area contributed by atoms with E-state index in [4.69, 9.17) is 0 Å². The zero-order valence-corrected chi connectivity index (χ0v) is 22.8. The van der Waals surface area contributed by atoms with Crippen LogP contribution in [0.25, 0.3) is 51.8 Å². The van der Waals surface area contributed by atoms with Crippen LogP contribution in [0.3, 0.4) is 0 Å². The maximum atomic E-state index is 2.37. The Morgan fingerprint density at radius 3 is 1.31 bits per heavy atom. The van der Waals surface area contributed by atoms with Gasteiger partial charge in [-0.2, -0.15) is 0 Å². The molecule has 0 radical (unpaired) electrons. The Labute approximate surface area is 222 Å². The van der Waals surface area contributed by atoms with E-state index in [1.165, 1.54) is 101 Å². The monoisotopic (exact) mass is 504 g/mol. The molecule has 0 atom stereocenters. The number of fused-ring (bicyclic) bond motifs is 5. The van der Waals surface area contributed by atoms with Crippen LogP contribution < -0.4 is 0 Å². The third kappa shape index (κ3) is 4.49. The summed E-state index contributed by atoms with van der Waals surface area (Å²) in [7, 11) is 0. The molecule has 0 aliphatic rings. The molecule has 2 heterocycles. The first-order valence-electron chi connectivity index (χ1n) is 13.3. The Morgan fingerprint density at radius 1 is 0.500 bits per heavy atom. The van der Waals surface area contributed by atoms with Crippen molar-refractivity contribution in [3.8, 4) is 20.9 Å². The van der Waals surface area contributed by atoms with E-state index in [1.54, 1.807) is 0 Å². The van der Waals surface area contributed by atoms with E-state index in [0.29, 0.717) is 0 Å². The van der Waals surface area contributed by atoms with Crippen LogP contribution in [0.15, 0.2) is 84.9 Å². The second-order valence-electron chi connectivity index (χ2n) is 9.89. The van der Waals surface area contributed by atoms with Crippen molar-refractivity contribution in [3.63, 3.8) is 0 Å². The second-order valence-corrected chi connectivity index (χ2v) is 12.0. The van der Waals surface area contributed by atoms with Crippen molar-refractivity contribution in [2.45, 2.75) is 52.4 Å². The predicted molar refractivity (Wildman–Crippen MR) is 163 cm³/mol. The summed E-state index contributed by atoms with van der Waals surface area (Å²) < 4.78 is 2.80. The maximum Gasteiger partial charge on any atom is 0.0428 e. The summed E-state index contributed by atoms with van der Waals surface area (Å²) in [5.41, 5.74) is 5.54. The summed E-state index contributed by atoms with van der Waals surface area (Å²) >= 11 is 3.86. The zero-order valence-electron chi connectivity index (χ0n) is 21.1. The van der Waals surface area contributed by atoms with E-state index < -0.39 is 0 Å². The molecule has 0 saturated carbocycles. The van der Waals surface area contributed by atoms with Gasteiger partial charge in [-0.1, -0.05) is 99.5 Å². The summed E-state index contributed by atoms with van der Waals surface area (Å²) in [4.78, 5) is 2.71. The smallest absolute Gasteiger partial charge is 0.0428 e. The summed E-state index contributed by atoms with van der Waals surface area (Å²) in [5.74, 6) is 0. The molecule has 36 heavy (non-hydrogen) atoms. The molecule has 0 fully saturated rings. The van der Waals surface area contributed by atoms with Crippen LogP contribution in [-0.2, 0) is 12.8 Å². The third-order valence-corrected chi connectivity index (χ3v) is 9.74. The molecule has 2 heteroatoms. The highest BCUT2D eigenvalue weighted by molar-refractivity contribution is 7.24. The van der Waals surface area contributed by atoms with Crippen molar-refractivity contribution in [2.24, 2.45) is 0 Å². The molecule has 6 aromatic rings. The summed E-state index contributed by atoms with van der Waals surface area (Å²) in [6.45, 7) is 4.51. The highest BCUT2D eigenvalue weighted by atomic mass is 32.1. The van der Waals surface area contributed by atoms with E-state index in [9.17, 15) is 0 Å². The number of rotatable bonds is 8. The van der Waals surface area contributed by atoms with Crippen LogP contribution in [0.5, 0.6) is 0 Å². The van der Waals surface area contributed by atoms with Gasteiger partial charge in [0.2, 0.25) is 0 Å². The fraction of sp³-hybridized carbons (Fsp3) is 0.235.